The van der Waals surface area contributed by atoms with Crippen LogP contribution in [0.2, 0.25) is 0 Å². The van der Waals surface area contributed by atoms with Gasteiger partial charge in [0.2, 0.25) is 10.0 Å². The van der Waals surface area contributed by atoms with Crippen molar-refractivity contribution in [2.45, 2.75) is 44.1 Å². The summed E-state index contributed by atoms with van der Waals surface area (Å²) in [6, 6.07) is 8.24. The van der Waals surface area contributed by atoms with Crippen molar-refractivity contribution in [1.29, 1.82) is 0 Å². The molecule has 2 aromatic heterocycles. The maximum Gasteiger partial charge on any atom is 0.217 e. The van der Waals surface area contributed by atoms with Crippen molar-refractivity contribution < 1.29 is 13.2 Å². The first kappa shape index (κ1) is 19.2. The van der Waals surface area contributed by atoms with Gasteiger partial charge >= 0.3 is 0 Å². The monoisotopic (exact) mass is 439 g/mol. The first-order chi connectivity index (χ1) is 15.0. The number of nitrogens with zero attached hydrogens (tertiary/aromatic N) is 4. The summed E-state index contributed by atoms with van der Waals surface area (Å²) >= 11 is 0. The van der Waals surface area contributed by atoms with E-state index in [1.54, 1.807) is 4.31 Å². The molecular formula is C22H25N5O3S. The van der Waals surface area contributed by atoms with Crippen molar-refractivity contribution in [3.05, 3.63) is 41.7 Å². The van der Waals surface area contributed by atoms with Gasteiger partial charge in [-0.05, 0) is 31.9 Å². The molecule has 1 saturated heterocycles. The van der Waals surface area contributed by atoms with E-state index in [1.807, 2.05) is 30.5 Å². The predicted octanol–water partition coefficient (Wildman–Crippen LogP) is 2.66. The summed E-state index contributed by atoms with van der Waals surface area (Å²) in [5.74, 6) is 1.49. The molecule has 3 aromatic rings. The molecule has 31 heavy (non-hydrogen) atoms. The number of benzene rings is 1. The largest absolute Gasteiger partial charge is 0.377 e. The number of aromatic nitrogens is 3. The molecule has 162 valence electrons. The van der Waals surface area contributed by atoms with Crippen LogP contribution in [0.3, 0.4) is 0 Å². The summed E-state index contributed by atoms with van der Waals surface area (Å²) in [5.41, 5.74) is 3.73. The topological polar surface area (TPSA) is 91.4 Å². The quantitative estimate of drug-likeness (QED) is 0.672. The molecule has 0 unspecified atom stereocenters. The highest BCUT2D eigenvalue weighted by atomic mass is 32.2. The number of ether oxygens (including phenoxy) is 1. The van der Waals surface area contributed by atoms with Gasteiger partial charge in [0.05, 0.1) is 36.7 Å². The van der Waals surface area contributed by atoms with E-state index in [0.29, 0.717) is 32.1 Å². The van der Waals surface area contributed by atoms with Crippen LogP contribution >= 0.6 is 0 Å². The van der Waals surface area contributed by atoms with Crippen LogP contribution in [0.25, 0.3) is 22.3 Å². The highest BCUT2D eigenvalue weighted by Crippen LogP contribution is 2.39. The second-order valence-corrected chi connectivity index (χ2v) is 10.9. The van der Waals surface area contributed by atoms with Gasteiger partial charge in [0.1, 0.15) is 5.82 Å². The molecule has 1 saturated carbocycles. The Labute approximate surface area is 181 Å². The molecule has 1 N–H and O–H groups in total. The third-order valence-corrected chi connectivity index (χ3v) is 8.80. The number of hydrogen-bond acceptors (Lipinski definition) is 6. The Morgan fingerprint density at radius 2 is 2.03 bits per heavy atom. The Morgan fingerprint density at radius 1 is 1.16 bits per heavy atom. The minimum atomic E-state index is -3.28. The molecule has 0 spiro atoms. The Balaban J connectivity index is 1.49. The molecule has 2 fully saturated rings. The SMILES string of the molecule is C[C@@H]1COCCN1c1nc(-c2cccc3[nH]ccc23)nc2c1CN(S(=O)(=O)C1CC1)C2. The van der Waals surface area contributed by atoms with Crippen molar-refractivity contribution in [2.24, 2.45) is 0 Å². The van der Waals surface area contributed by atoms with Crippen LogP contribution in [-0.2, 0) is 27.8 Å². The number of morpholine rings is 1. The Bertz CT molecular complexity index is 1270. The average Bonchev–Trinajstić information content (AvgIpc) is 3.36. The lowest BCUT2D eigenvalue weighted by molar-refractivity contribution is 0.0984. The zero-order chi connectivity index (χ0) is 21.2. The zero-order valence-corrected chi connectivity index (χ0v) is 18.2. The summed E-state index contributed by atoms with van der Waals surface area (Å²) in [7, 11) is -3.28. The highest BCUT2D eigenvalue weighted by molar-refractivity contribution is 7.90. The summed E-state index contributed by atoms with van der Waals surface area (Å²) in [6.45, 7) is 4.78. The van der Waals surface area contributed by atoms with Crippen molar-refractivity contribution in [1.82, 2.24) is 19.3 Å². The van der Waals surface area contributed by atoms with Gasteiger partial charge in [-0.15, -0.1) is 0 Å². The summed E-state index contributed by atoms with van der Waals surface area (Å²) < 4.78 is 33.1. The Kier molecular flexibility index (Phi) is 4.35. The lowest BCUT2D eigenvalue weighted by atomic mass is 10.1. The molecule has 0 amide bonds. The summed E-state index contributed by atoms with van der Waals surface area (Å²) in [6.07, 6.45) is 3.43. The normalized spacial score (nSPS) is 22.2. The molecule has 1 aromatic carbocycles. The maximum atomic E-state index is 13.0. The minimum absolute atomic E-state index is 0.165. The van der Waals surface area contributed by atoms with Gasteiger partial charge in [0, 0.05) is 41.3 Å². The van der Waals surface area contributed by atoms with Gasteiger partial charge in [0.15, 0.2) is 5.82 Å². The molecule has 0 radical (unpaired) electrons. The first-order valence-electron chi connectivity index (χ1n) is 10.8. The molecule has 1 aliphatic carbocycles. The predicted molar refractivity (Wildman–Crippen MR) is 118 cm³/mol. The molecular weight excluding hydrogens is 414 g/mol. The number of sulfonamides is 1. The van der Waals surface area contributed by atoms with Crippen LogP contribution in [0.4, 0.5) is 5.82 Å². The second kappa shape index (κ2) is 7.01. The molecule has 8 nitrogen and oxygen atoms in total. The van der Waals surface area contributed by atoms with E-state index >= 15 is 0 Å². The van der Waals surface area contributed by atoms with Gasteiger partial charge in [-0.25, -0.2) is 18.4 Å². The van der Waals surface area contributed by atoms with Crippen molar-refractivity contribution >= 4 is 26.7 Å². The van der Waals surface area contributed by atoms with Gasteiger partial charge in [0.25, 0.3) is 0 Å². The molecule has 2 aliphatic heterocycles. The van der Waals surface area contributed by atoms with Gasteiger partial charge in [-0.2, -0.15) is 4.31 Å². The number of rotatable bonds is 4. The molecule has 9 heteroatoms. The third kappa shape index (κ3) is 3.14. The van der Waals surface area contributed by atoms with E-state index in [-0.39, 0.29) is 11.3 Å². The van der Waals surface area contributed by atoms with Crippen LogP contribution in [0.5, 0.6) is 0 Å². The third-order valence-electron chi connectivity index (χ3n) is 6.51. The van der Waals surface area contributed by atoms with Crippen LogP contribution in [0.1, 0.15) is 31.0 Å². The number of fused-ring (bicyclic) bond motifs is 2. The van der Waals surface area contributed by atoms with E-state index < -0.39 is 10.0 Å². The van der Waals surface area contributed by atoms with Gasteiger partial charge in [-0.3, -0.25) is 0 Å². The zero-order valence-electron chi connectivity index (χ0n) is 17.4. The smallest absolute Gasteiger partial charge is 0.217 e. The fourth-order valence-electron chi connectivity index (χ4n) is 4.65. The van der Waals surface area contributed by atoms with Crippen LogP contribution in [0, 0.1) is 0 Å². The molecule has 6 rings (SSSR count). The Morgan fingerprint density at radius 3 is 2.84 bits per heavy atom. The van der Waals surface area contributed by atoms with E-state index in [9.17, 15) is 8.42 Å². The summed E-state index contributed by atoms with van der Waals surface area (Å²) in [5, 5.41) is 0.831. The van der Waals surface area contributed by atoms with E-state index in [2.05, 4.69) is 16.8 Å². The van der Waals surface area contributed by atoms with Gasteiger partial charge in [-0.1, -0.05) is 12.1 Å². The standard InChI is InChI=1S/C22H25N5O3S/c1-14-13-30-10-9-27(14)22-18-11-26(31(28,29)15-5-6-15)12-20(18)24-21(25-22)17-3-2-4-19-16(17)7-8-23-19/h2-4,7-8,14-15,23H,5-6,9-13H2,1H3/t14-/m1/s1. The Hall–Kier alpha value is -2.49. The molecule has 4 heterocycles. The fraction of sp³-hybridized carbons (Fsp3) is 0.455. The van der Waals surface area contributed by atoms with E-state index in [0.717, 1.165) is 52.9 Å². The van der Waals surface area contributed by atoms with Crippen molar-refractivity contribution in [3.8, 4) is 11.4 Å². The fourth-order valence-corrected chi connectivity index (χ4v) is 6.41. The van der Waals surface area contributed by atoms with Crippen LogP contribution in [-0.4, -0.2) is 58.7 Å². The average molecular weight is 440 g/mol. The molecule has 1 atom stereocenters. The lowest BCUT2D eigenvalue weighted by Gasteiger charge is -2.35. The molecule has 3 aliphatic rings. The second-order valence-electron chi connectivity index (χ2n) is 8.67. The van der Waals surface area contributed by atoms with Crippen molar-refractivity contribution in [3.63, 3.8) is 0 Å². The highest BCUT2D eigenvalue weighted by Gasteiger charge is 2.43. The maximum absolute atomic E-state index is 13.0. The van der Waals surface area contributed by atoms with Gasteiger partial charge < -0.3 is 14.6 Å². The molecule has 0 bridgehead atoms. The number of H-pyrrole nitrogens is 1. The van der Waals surface area contributed by atoms with Crippen LogP contribution < -0.4 is 4.90 Å². The van der Waals surface area contributed by atoms with E-state index in [1.165, 1.54) is 0 Å². The number of hydrogen-bond donors (Lipinski definition) is 1. The number of anilines is 1. The summed E-state index contributed by atoms with van der Waals surface area (Å²) in [4.78, 5) is 15.4. The van der Waals surface area contributed by atoms with Crippen LogP contribution in [0.15, 0.2) is 30.5 Å². The first-order valence-corrected chi connectivity index (χ1v) is 12.3. The lowest BCUT2D eigenvalue weighted by Crippen LogP contribution is -2.44. The van der Waals surface area contributed by atoms with E-state index in [4.69, 9.17) is 14.7 Å². The minimum Gasteiger partial charge on any atom is -0.377 e. The number of nitrogens with one attached hydrogen (secondary N) is 1. The number of aromatic amines is 1. The van der Waals surface area contributed by atoms with Crippen molar-refractivity contribution in [2.75, 3.05) is 24.7 Å².